The summed E-state index contributed by atoms with van der Waals surface area (Å²) < 4.78 is 63.9. The number of rotatable bonds is 14. The molecule has 6 N–H and O–H groups in total. The average molecular weight is 1550 g/mol. The fourth-order valence-corrected chi connectivity index (χ4v) is 15.4. The molecule has 1 aliphatic carbocycles. The number of hydrogen-bond donors (Lipinski definition) is 6. The molecule has 3 saturated heterocycles. The lowest BCUT2D eigenvalue weighted by atomic mass is 9.98. The van der Waals surface area contributed by atoms with Crippen molar-refractivity contribution in [2.24, 2.45) is 11.8 Å². The highest BCUT2D eigenvalue weighted by molar-refractivity contribution is 5.88. The fourth-order valence-electron chi connectivity index (χ4n) is 15.4. The molecule has 29 heteroatoms. The van der Waals surface area contributed by atoms with Crippen LogP contribution in [0.25, 0.3) is 67.3 Å². The quantitative estimate of drug-likeness (QED) is 0.0551. The summed E-state index contributed by atoms with van der Waals surface area (Å²) in [6.07, 6.45) is 15.4. The molecule has 4 aromatic heterocycles. The number of likely N-dealkylation sites (tertiary alicyclic amines) is 3. The normalized spacial score (nSPS) is 19.2. The zero-order chi connectivity index (χ0) is 79.1. The van der Waals surface area contributed by atoms with Gasteiger partial charge in [-0.05, 0) is 133 Å². The number of ether oxygens (including phenoxy) is 11. The first-order valence-corrected chi connectivity index (χ1v) is 39.7. The highest BCUT2D eigenvalue weighted by atomic mass is 16.6. The second-order valence-electron chi connectivity index (χ2n) is 30.8. The third-order valence-electron chi connectivity index (χ3n) is 21.2. The van der Waals surface area contributed by atoms with E-state index in [0.29, 0.717) is 134 Å². The summed E-state index contributed by atoms with van der Waals surface area (Å²) in [7, 11) is 2.56. The van der Waals surface area contributed by atoms with E-state index in [4.69, 9.17) is 72.0 Å². The van der Waals surface area contributed by atoms with Crippen LogP contribution < -0.4 is 29.6 Å². The van der Waals surface area contributed by atoms with Crippen molar-refractivity contribution in [2.75, 3.05) is 113 Å². The molecule has 8 aromatic rings. The van der Waals surface area contributed by atoms with Crippen LogP contribution in [0.5, 0.6) is 23.0 Å². The SMILES string of the molecule is CC(C)(C)OC(=O)N1CCC[C@H]1c1ncc(-c2ccc3c(c2)OCCOCCOCCOc2cc(-c4cnc(C5CCCC5)[nH]4)ccc2-3)[nH]1.COC(=O)N[C@H](C(=O)N1CCC[C@H]1c1ncc(-c2ccc3c(c2)OCCOCCOCCOc2cc(-c4cnc([C@@H]5CCCN5C(=O)[C@@H](NC(=O)OC)C(C)C)[nH]4)ccc2-3)[nH]1)C(C)C. The third-order valence-corrected chi connectivity index (χ3v) is 21.2. The van der Waals surface area contributed by atoms with E-state index in [1.54, 1.807) is 27.1 Å². The van der Waals surface area contributed by atoms with Crippen molar-refractivity contribution in [3.8, 4) is 90.3 Å². The van der Waals surface area contributed by atoms with E-state index >= 15 is 0 Å². The van der Waals surface area contributed by atoms with Crippen LogP contribution in [0, 0.1) is 11.8 Å². The Labute approximate surface area is 658 Å². The molecule has 29 nitrogen and oxygen atoms in total. The van der Waals surface area contributed by atoms with Gasteiger partial charge < -0.3 is 92.5 Å². The number of alkyl carbamates (subject to hydrolysis) is 2. The summed E-state index contributed by atoms with van der Waals surface area (Å²) >= 11 is 0. The van der Waals surface area contributed by atoms with Gasteiger partial charge in [0.05, 0.1) is 133 Å². The first kappa shape index (κ1) is 80.6. The largest absolute Gasteiger partial charge is 0.491 e. The van der Waals surface area contributed by atoms with Crippen molar-refractivity contribution >= 4 is 30.1 Å². The second kappa shape index (κ2) is 37.4. The number of nitrogens with one attached hydrogen (secondary N) is 6. The number of H-pyrrole nitrogens is 4. The maximum absolute atomic E-state index is 13.8. The number of carbonyl (C=O) groups is 5. The van der Waals surface area contributed by atoms with E-state index in [1.165, 1.54) is 39.9 Å². The molecule has 5 amide bonds. The fraction of sp³-hybridized carbons (Fsp3) is 0.512. The maximum Gasteiger partial charge on any atom is 0.410 e. The monoisotopic (exact) mass is 1550 g/mol. The van der Waals surface area contributed by atoms with E-state index in [-0.39, 0.29) is 47.9 Å². The van der Waals surface area contributed by atoms with Crippen molar-refractivity contribution in [2.45, 2.75) is 154 Å². The molecule has 5 aliphatic heterocycles. The van der Waals surface area contributed by atoms with Crippen LogP contribution in [0.4, 0.5) is 14.4 Å². The first-order valence-electron chi connectivity index (χ1n) is 39.7. The molecule has 4 fully saturated rings. The number of methoxy groups -OCH3 is 2. The van der Waals surface area contributed by atoms with Gasteiger partial charge in [0.25, 0.3) is 0 Å². The van der Waals surface area contributed by atoms with E-state index in [0.717, 1.165) is 123 Å². The smallest absolute Gasteiger partial charge is 0.410 e. The Kier molecular flexibility index (Phi) is 26.7. The van der Waals surface area contributed by atoms with Gasteiger partial charge in [0.2, 0.25) is 11.8 Å². The third kappa shape index (κ3) is 19.8. The van der Waals surface area contributed by atoms with Crippen LogP contribution in [-0.4, -0.2) is 215 Å². The molecule has 604 valence electrons. The van der Waals surface area contributed by atoms with Crippen LogP contribution in [0.3, 0.4) is 0 Å². The molecule has 5 atom stereocenters. The molecular weight excluding hydrogens is 1450 g/mol. The van der Waals surface area contributed by atoms with Crippen molar-refractivity contribution in [3.05, 3.63) is 121 Å². The number of nitrogens with zero attached hydrogens (tertiary/aromatic N) is 7. The molecule has 0 spiro atoms. The predicted octanol–water partition coefficient (Wildman–Crippen LogP) is 13.7. The Morgan fingerprint density at radius 3 is 1.04 bits per heavy atom. The van der Waals surface area contributed by atoms with Gasteiger partial charge in [-0.25, -0.2) is 34.3 Å². The molecular formula is C84H107N13O16. The van der Waals surface area contributed by atoms with Gasteiger partial charge in [-0.3, -0.25) is 14.5 Å². The van der Waals surface area contributed by atoms with Crippen LogP contribution >= 0.6 is 0 Å². The number of amides is 5. The van der Waals surface area contributed by atoms with Gasteiger partial charge in [-0.2, -0.15) is 0 Å². The molecule has 9 heterocycles. The van der Waals surface area contributed by atoms with Crippen molar-refractivity contribution in [1.82, 2.24) is 65.2 Å². The summed E-state index contributed by atoms with van der Waals surface area (Å²) in [6.45, 7) is 19.7. The molecule has 0 bridgehead atoms. The van der Waals surface area contributed by atoms with Crippen LogP contribution in [0.1, 0.15) is 160 Å². The Balaban J connectivity index is 0.000000204. The van der Waals surface area contributed by atoms with Gasteiger partial charge in [0, 0.05) is 70.1 Å². The lowest BCUT2D eigenvalue weighted by molar-refractivity contribution is -0.136. The summed E-state index contributed by atoms with van der Waals surface area (Å²) in [4.78, 5) is 103. The number of carbonyl (C=O) groups excluding carboxylic acids is 5. The number of fused-ring (bicyclic) bond motifs is 6. The van der Waals surface area contributed by atoms with E-state index in [9.17, 15) is 24.0 Å². The molecule has 1 saturated carbocycles. The number of hydrogen-bond acceptors (Lipinski definition) is 20. The van der Waals surface area contributed by atoms with Gasteiger partial charge >= 0.3 is 18.3 Å². The minimum atomic E-state index is -0.734. The van der Waals surface area contributed by atoms with Crippen LogP contribution in [0.15, 0.2) is 97.6 Å². The zero-order valence-electron chi connectivity index (χ0n) is 66.2. The first-order chi connectivity index (χ1) is 54.8. The molecule has 6 aliphatic rings. The van der Waals surface area contributed by atoms with Crippen molar-refractivity contribution < 1.29 is 76.1 Å². The highest BCUT2D eigenvalue weighted by Gasteiger charge is 2.41. The number of aromatic nitrogens is 8. The van der Waals surface area contributed by atoms with Gasteiger partial charge in [0.15, 0.2) is 0 Å². The Bertz CT molecular complexity index is 4400. The standard InChI is InChI=1S/C46H60N8O10.C38H47N5O6/c1-27(2)39(51-45(57)59-5)43(55)53-15-7-9-35(53)41-47-25-33(49-41)29-11-13-31-32-14-12-30(24-38(32)64-22-20-62-18-17-61-19-21-63-37(31)23-29)34-26-48-42(50-34)36-10-8-16-54(36)44(56)40(28(3)4)52-46(58)60-6;1-38(2,3)49-37(44)43-14-6-9-32(43)36-40-24-31(42-36)27-11-13-29-28-12-10-26(30-23-39-35(41-30)25-7-4-5-8-25)21-33(28)47-19-17-45-15-16-46-18-20-48-34(29)22-27/h11-14,23-28,35-36,39-40H,7-10,15-22H2,1-6H3,(H,47,49)(H,48,50)(H,51,57)(H,52,58);10-13,21-25,32H,4-9,14-20H2,1-3H3,(H,39,41)(H,40,42)/t35-,36-,39-,40-;32-/m00/s1. The van der Waals surface area contributed by atoms with E-state index in [2.05, 4.69) is 60.9 Å². The highest BCUT2D eigenvalue weighted by Crippen LogP contribution is 2.45. The van der Waals surface area contributed by atoms with Gasteiger partial charge in [-0.15, -0.1) is 0 Å². The van der Waals surface area contributed by atoms with Crippen molar-refractivity contribution in [1.29, 1.82) is 0 Å². The summed E-state index contributed by atoms with van der Waals surface area (Å²) in [5, 5.41) is 5.41. The minimum Gasteiger partial charge on any atom is -0.491 e. The molecule has 0 radical (unpaired) electrons. The average Bonchev–Trinajstić information content (AvgIpc) is 1.78. The minimum absolute atomic E-state index is 0.145. The Morgan fingerprint density at radius 2 is 0.717 bits per heavy atom. The summed E-state index contributed by atoms with van der Waals surface area (Å²) in [6, 6.07) is 22.1. The van der Waals surface area contributed by atoms with E-state index < -0.39 is 29.9 Å². The Hall–Kier alpha value is -10.5. The number of benzene rings is 4. The van der Waals surface area contributed by atoms with Gasteiger partial charge in [0.1, 0.15) is 90.4 Å². The zero-order valence-corrected chi connectivity index (χ0v) is 66.2. The predicted molar refractivity (Wildman–Crippen MR) is 421 cm³/mol. The van der Waals surface area contributed by atoms with Crippen molar-refractivity contribution in [3.63, 3.8) is 0 Å². The number of imidazole rings is 4. The van der Waals surface area contributed by atoms with E-state index in [1.807, 2.05) is 103 Å². The summed E-state index contributed by atoms with van der Waals surface area (Å²) in [5.74, 6) is 5.70. The lowest BCUT2D eigenvalue weighted by Gasteiger charge is -2.30. The molecule has 4 aromatic carbocycles. The van der Waals surface area contributed by atoms with Crippen LogP contribution in [0.2, 0.25) is 0 Å². The molecule has 14 rings (SSSR count). The topological polar surface area (TPSA) is 335 Å². The molecule has 0 unspecified atom stereocenters. The van der Waals surface area contributed by atoms with Crippen LogP contribution in [-0.2, 0) is 42.7 Å². The molecule has 113 heavy (non-hydrogen) atoms. The second-order valence-corrected chi connectivity index (χ2v) is 30.8. The summed E-state index contributed by atoms with van der Waals surface area (Å²) in [5.41, 5.74) is 9.82. The lowest BCUT2D eigenvalue weighted by Crippen LogP contribution is -2.51. The Morgan fingerprint density at radius 1 is 0.416 bits per heavy atom. The van der Waals surface area contributed by atoms with Gasteiger partial charge in [-0.1, -0.05) is 64.8 Å². The number of aromatic amines is 4. The maximum atomic E-state index is 13.8.